The minimum absolute atomic E-state index is 0.240. The number of hydrogen-bond donors (Lipinski definition) is 1. The molecule has 21 heavy (non-hydrogen) atoms. The van der Waals surface area contributed by atoms with Gasteiger partial charge in [-0.2, -0.15) is 5.10 Å². The van der Waals surface area contributed by atoms with Crippen LogP contribution in [0.2, 0.25) is 0 Å². The van der Waals surface area contributed by atoms with E-state index in [0.29, 0.717) is 11.4 Å². The molecule has 2 rings (SSSR count). The van der Waals surface area contributed by atoms with Crippen LogP contribution in [-0.2, 0) is 11.8 Å². The molecule has 0 spiro atoms. The molecule has 0 radical (unpaired) electrons. The monoisotopic (exact) mass is 309 g/mol. The summed E-state index contributed by atoms with van der Waals surface area (Å²) in [6, 6.07) is 1.83. The average Bonchev–Trinajstić information content (AvgIpc) is 2.96. The normalized spacial score (nSPS) is 11.3. The number of carboxylic acid groups (broad SMARTS) is 1. The second-order valence-corrected chi connectivity index (χ2v) is 6.24. The number of rotatable bonds is 5. The van der Waals surface area contributed by atoms with Crippen molar-refractivity contribution in [3.05, 3.63) is 16.6 Å². The van der Waals surface area contributed by atoms with Crippen LogP contribution in [0.15, 0.2) is 6.07 Å². The molecule has 6 nitrogen and oxygen atoms in total. The zero-order chi connectivity index (χ0) is 15.7. The van der Waals surface area contributed by atoms with E-state index in [0.717, 1.165) is 15.9 Å². The number of fused-ring (bicyclic) bond motifs is 1. The van der Waals surface area contributed by atoms with Crippen LogP contribution in [0.4, 0.5) is 0 Å². The third kappa shape index (κ3) is 2.92. The smallest absolute Gasteiger partial charge is 0.323 e. The molecule has 0 saturated carbocycles. The Kier molecular flexibility index (Phi) is 4.32. The van der Waals surface area contributed by atoms with Gasteiger partial charge in [0.05, 0.1) is 10.6 Å². The molecule has 2 aromatic rings. The Balaban J connectivity index is 2.40. The molecule has 2 heterocycles. The van der Waals surface area contributed by atoms with Gasteiger partial charge in [-0.15, -0.1) is 11.3 Å². The van der Waals surface area contributed by atoms with Crippen molar-refractivity contribution in [2.75, 3.05) is 13.1 Å². The summed E-state index contributed by atoms with van der Waals surface area (Å²) >= 11 is 1.36. The van der Waals surface area contributed by atoms with Gasteiger partial charge in [0.2, 0.25) is 0 Å². The van der Waals surface area contributed by atoms with Gasteiger partial charge in [-0.1, -0.05) is 13.8 Å². The quantitative estimate of drug-likeness (QED) is 0.919. The largest absolute Gasteiger partial charge is 0.480 e. The Morgan fingerprint density at radius 2 is 2.14 bits per heavy atom. The summed E-state index contributed by atoms with van der Waals surface area (Å²) < 4.78 is 1.78. The SMILES string of the molecule is CCN(CC(=O)O)C(=O)c1cc2c(C(C)C)nn(C)c2s1. The van der Waals surface area contributed by atoms with Crippen LogP contribution in [0, 0.1) is 0 Å². The molecule has 1 N–H and O–H groups in total. The van der Waals surface area contributed by atoms with Gasteiger partial charge in [-0.05, 0) is 18.9 Å². The second-order valence-electron chi connectivity index (χ2n) is 5.21. The van der Waals surface area contributed by atoms with Gasteiger partial charge in [0.25, 0.3) is 5.91 Å². The Labute approximate surface area is 127 Å². The van der Waals surface area contributed by atoms with E-state index in [1.165, 1.54) is 16.2 Å². The molecule has 114 valence electrons. The standard InChI is InChI=1S/C14H19N3O3S/c1-5-17(7-11(18)19)13(20)10-6-9-12(8(2)3)15-16(4)14(9)21-10/h6,8H,5,7H2,1-4H3,(H,18,19). The first kappa shape index (κ1) is 15.5. The molecule has 0 aliphatic rings. The van der Waals surface area contributed by atoms with Crippen LogP contribution < -0.4 is 0 Å². The topological polar surface area (TPSA) is 75.4 Å². The van der Waals surface area contributed by atoms with Crippen LogP contribution in [0.3, 0.4) is 0 Å². The molecule has 0 bridgehead atoms. The fourth-order valence-corrected chi connectivity index (χ4v) is 3.29. The molecule has 0 aliphatic heterocycles. The van der Waals surface area contributed by atoms with Crippen molar-refractivity contribution in [3.63, 3.8) is 0 Å². The van der Waals surface area contributed by atoms with Crippen molar-refractivity contribution >= 4 is 33.4 Å². The fourth-order valence-electron chi connectivity index (χ4n) is 2.24. The number of amides is 1. The van der Waals surface area contributed by atoms with Crippen molar-refractivity contribution in [1.29, 1.82) is 0 Å². The minimum Gasteiger partial charge on any atom is -0.480 e. The Hall–Kier alpha value is -1.89. The maximum Gasteiger partial charge on any atom is 0.323 e. The predicted octanol–water partition coefficient (Wildman–Crippen LogP) is 2.30. The van der Waals surface area contributed by atoms with Gasteiger partial charge in [0.15, 0.2) is 0 Å². The van der Waals surface area contributed by atoms with Crippen LogP contribution >= 0.6 is 11.3 Å². The van der Waals surface area contributed by atoms with E-state index in [4.69, 9.17) is 5.11 Å². The number of aliphatic carboxylic acids is 1. The summed E-state index contributed by atoms with van der Waals surface area (Å²) in [6.07, 6.45) is 0. The van der Waals surface area contributed by atoms with Gasteiger partial charge in [0.1, 0.15) is 11.4 Å². The molecule has 2 aromatic heterocycles. The van der Waals surface area contributed by atoms with Crippen molar-refractivity contribution in [2.45, 2.75) is 26.7 Å². The van der Waals surface area contributed by atoms with Crippen molar-refractivity contribution in [1.82, 2.24) is 14.7 Å². The molecular weight excluding hydrogens is 290 g/mol. The van der Waals surface area contributed by atoms with Gasteiger partial charge in [0, 0.05) is 19.0 Å². The van der Waals surface area contributed by atoms with Crippen LogP contribution in [0.5, 0.6) is 0 Å². The van der Waals surface area contributed by atoms with Gasteiger partial charge >= 0.3 is 5.97 Å². The Morgan fingerprint density at radius 3 is 2.67 bits per heavy atom. The van der Waals surface area contributed by atoms with E-state index < -0.39 is 5.97 Å². The van der Waals surface area contributed by atoms with E-state index in [1.54, 1.807) is 11.6 Å². The number of carbonyl (C=O) groups excluding carboxylic acids is 1. The molecular formula is C14H19N3O3S. The maximum absolute atomic E-state index is 12.4. The zero-order valence-corrected chi connectivity index (χ0v) is 13.4. The molecule has 0 aliphatic carbocycles. The fraction of sp³-hybridized carbons (Fsp3) is 0.500. The number of nitrogens with zero attached hydrogens (tertiary/aromatic N) is 3. The number of carboxylic acids is 1. The Morgan fingerprint density at radius 1 is 1.48 bits per heavy atom. The van der Waals surface area contributed by atoms with E-state index in [-0.39, 0.29) is 18.4 Å². The second kappa shape index (κ2) is 5.85. The zero-order valence-electron chi connectivity index (χ0n) is 12.6. The Bertz CT molecular complexity index is 687. The first-order valence-electron chi connectivity index (χ1n) is 6.82. The first-order chi connectivity index (χ1) is 9.85. The number of aryl methyl sites for hydroxylation is 1. The number of thiophene rings is 1. The van der Waals surface area contributed by atoms with Crippen molar-refractivity contribution in [2.24, 2.45) is 7.05 Å². The summed E-state index contributed by atoms with van der Waals surface area (Å²) in [6.45, 7) is 5.98. The van der Waals surface area contributed by atoms with Gasteiger partial charge in [-0.25, -0.2) is 0 Å². The summed E-state index contributed by atoms with van der Waals surface area (Å²) in [7, 11) is 1.85. The average molecular weight is 309 g/mol. The highest BCUT2D eigenvalue weighted by Gasteiger charge is 2.22. The summed E-state index contributed by atoms with van der Waals surface area (Å²) in [5, 5.41) is 14.3. The maximum atomic E-state index is 12.4. The molecule has 1 amide bonds. The lowest BCUT2D eigenvalue weighted by Crippen LogP contribution is -2.34. The highest BCUT2D eigenvalue weighted by molar-refractivity contribution is 7.20. The molecule has 0 atom stereocenters. The number of aromatic nitrogens is 2. The molecule has 0 aromatic carbocycles. The van der Waals surface area contributed by atoms with Crippen LogP contribution in [-0.4, -0.2) is 44.8 Å². The summed E-state index contributed by atoms with van der Waals surface area (Å²) in [5.74, 6) is -0.973. The van der Waals surface area contributed by atoms with Crippen molar-refractivity contribution in [3.8, 4) is 0 Å². The molecule has 0 fully saturated rings. The van der Waals surface area contributed by atoms with Gasteiger partial charge < -0.3 is 10.0 Å². The predicted molar refractivity (Wildman–Crippen MR) is 81.9 cm³/mol. The minimum atomic E-state index is -1.00. The summed E-state index contributed by atoms with van der Waals surface area (Å²) in [5.41, 5.74) is 0.962. The van der Waals surface area contributed by atoms with E-state index in [1.807, 2.05) is 13.1 Å². The van der Waals surface area contributed by atoms with Crippen LogP contribution in [0.25, 0.3) is 10.2 Å². The number of hydrogen-bond acceptors (Lipinski definition) is 4. The lowest BCUT2D eigenvalue weighted by atomic mass is 10.1. The molecule has 0 unspecified atom stereocenters. The highest BCUT2D eigenvalue weighted by Crippen LogP contribution is 2.32. The van der Waals surface area contributed by atoms with Crippen molar-refractivity contribution < 1.29 is 14.7 Å². The van der Waals surface area contributed by atoms with E-state index >= 15 is 0 Å². The van der Waals surface area contributed by atoms with E-state index in [2.05, 4.69) is 18.9 Å². The first-order valence-corrected chi connectivity index (χ1v) is 7.64. The van der Waals surface area contributed by atoms with E-state index in [9.17, 15) is 9.59 Å². The third-order valence-corrected chi connectivity index (χ3v) is 4.48. The number of likely N-dealkylation sites (N-methyl/N-ethyl adjacent to an activating group) is 1. The molecule has 0 saturated heterocycles. The van der Waals surface area contributed by atoms with Crippen LogP contribution in [0.1, 0.15) is 42.1 Å². The summed E-state index contributed by atoms with van der Waals surface area (Å²) in [4.78, 5) is 26.1. The highest BCUT2D eigenvalue weighted by atomic mass is 32.1. The third-order valence-electron chi connectivity index (χ3n) is 3.29. The lowest BCUT2D eigenvalue weighted by Gasteiger charge is -2.17. The van der Waals surface area contributed by atoms with Gasteiger partial charge in [-0.3, -0.25) is 14.3 Å². The lowest BCUT2D eigenvalue weighted by molar-refractivity contribution is -0.137. The molecule has 7 heteroatoms. The number of carbonyl (C=O) groups is 2.